The Bertz CT molecular complexity index is 1050. The highest BCUT2D eigenvalue weighted by Crippen LogP contribution is 2.14. The second-order valence-electron chi connectivity index (χ2n) is 5.64. The lowest BCUT2D eigenvalue weighted by Gasteiger charge is -2.14. The minimum atomic E-state index is -3.91. The Hall–Kier alpha value is -2.53. The van der Waals surface area contributed by atoms with Gasteiger partial charge in [0.1, 0.15) is 0 Å². The van der Waals surface area contributed by atoms with Crippen molar-refractivity contribution in [3.63, 3.8) is 0 Å². The van der Waals surface area contributed by atoms with Crippen molar-refractivity contribution in [2.24, 2.45) is 5.14 Å². The van der Waals surface area contributed by atoms with Crippen molar-refractivity contribution in [2.45, 2.75) is 4.90 Å². The van der Waals surface area contributed by atoms with Gasteiger partial charge in [0, 0.05) is 18.1 Å². The van der Waals surface area contributed by atoms with Gasteiger partial charge < -0.3 is 5.32 Å². The number of benzene rings is 2. The number of carbonyl (C=O) groups is 1. The van der Waals surface area contributed by atoms with Crippen molar-refractivity contribution in [3.8, 4) is 0 Å². The van der Waals surface area contributed by atoms with E-state index >= 15 is 0 Å². The summed E-state index contributed by atoms with van der Waals surface area (Å²) in [6.07, 6.45) is 1.43. The Labute approximate surface area is 158 Å². The summed E-state index contributed by atoms with van der Waals surface area (Å²) in [6, 6.07) is 14.2. The molecule has 0 unspecified atom stereocenters. The monoisotopic (exact) mass is 409 g/mol. The fraction of sp³-hybridized carbons (Fsp3) is 0.118. The van der Waals surface area contributed by atoms with Crippen LogP contribution < -0.4 is 10.5 Å². The molecule has 2 rings (SSSR count). The Morgan fingerprint density at radius 2 is 1.74 bits per heavy atom. The summed E-state index contributed by atoms with van der Waals surface area (Å²) in [5, 5.41) is 8.49. The van der Waals surface area contributed by atoms with E-state index in [4.69, 9.17) is 5.14 Å². The molecule has 144 valence electrons. The summed E-state index contributed by atoms with van der Waals surface area (Å²) in [4.78, 5) is 11.9. The zero-order valence-corrected chi connectivity index (χ0v) is 16.1. The first kappa shape index (κ1) is 20.8. The van der Waals surface area contributed by atoms with E-state index in [0.717, 1.165) is 9.71 Å². The van der Waals surface area contributed by atoms with Crippen LogP contribution in [0.5, 0.6) is 0 Å². The maximum atomic E-state index is 12.2. The van der Waals surface area contributed by atoms with Gasteiger partial charge in [-0.3, -0.25) is 4.79 Å². The summed E-state index contributed by atoms with van der Waals surface area (Å²) in [5.74, 6) is -0.624. The SMILES string of the molecule is CN(CC(=O)Nc1cccc(S(N)(=O)=O)c1)S(=O)(=O)/C=C/c1ccccc1. The van der Waals surface area contributed by atoms with Gasteiger partial charge in [0.2, 0.25) is 26.0 Å². The number of amides is 1. The van der Waals surface area contributed by atoms with E-state index < -0.39 is 32.5 Å². The molecular formula is C17H19N3O5S2. The molecule has 0 aliphatic rings. The maximum Gasteiger partial charge on any atom is 0.239 e. The van der Waals surface area contributed by atoms with Crippen LogP contribution in [0.2, 0.25) is 0 Å². The van der Waals surface area contributed by atoms with Gasteiger partial charge in [-0.2, -0.15) is 4.31 Å². The van der Waals surface area contributed by atoms with E-state index in [-0.39, 0.29) is 10.6 Å². The lowest BCUT2D eigenvalue weighted by Crippen LogP contribution is -2.33. The van der Waals surface area contributed by atoms with Crippen LogP contribution in [0.15, 0.2) is 64.9 Å². The van der Waals surface area contributed by atoms with Gasteiger partial charge in [0.25, 0.3) is 0 Å². The first-order chi connectivity index (χ1) is 12.6. The van der Waals surface area contributed by atoms with Crippen molar-refractivity contribution in [3.05, 3.63) is 65.6 Å². The van der Waals surface area contributed by atoms with E-state index in [1.807, 2.05) is 6.07 Å². The van der Waals surface area contributed by atoms with Gasteiger partial charge in [0.15, 0.2) is 0 Å². The number of carbonyl (C=O) groups excluding carboxylic acids is 1. The normalized spacial score (nSPS) is 12.4. The molecule has 0 atom stereocenters. The summed E-state index contributed by atoms with van der Waals surface area (Å²) in [5.41, 5.74) is 0.899. The second kappa shape index (κ2) is 8.44. The van der Waals surface area contributed by atoms with Crippen LogP contribution >= 0.6 is 0 Å². The largest absolute Gasteiger partial charge is 0.325 e. The number of primary sulfonamides is 1. The smallest absolute Gasteiger partial charge is 0.239 e. The number of sulfonamides is 2. The molecule has 0 spiro atoms. The fourth-order valence-electron chi connectivity index (χ4n) is 2.08. The van der Waals surface area contributed by atoms with E-state index in [9.17, 15) is 21.6 Å². The highest BCUT2D eigenvalue weighted by molar-refractivity contribution is 7.92. The van der Waals surface area contributed by atoms with E-state index in [2.05, 4.69) is 5.32 Å². The van der Waals surface area contributed by atoms with E-state index in [1.54, 1.807) is 24.3 Å². The van der Waals surface area contributed by atoms with Crippen LogP contribution in [0, 0.1) is 0 Å². The molecule has 0 saturated carbocycles. The Morgan fingerprint density at radius 3 is 2.37 bits per heavy atom. The number of nitrogens with two attached hydrogens (primary N) is 1. The number of likely N-dealkylation sites (N-methyl/N-ethyl adjacent to an activating group) is 1. The van der Waals surface area contributed by atoms with Gasteiger partial charge in [0.05, 0.1) is 11.4 Å². The first-order valence-corrected chi connectivity index (χ1v) is 10.7. The second-order valence-corrected chi connectivity index (χ2v) is 9.12. The molecule has 8 nitrogen and oxygen atoms in total. The Morgan fingerprint density at radius 1 is 1.07 bits per heavy atom. The molecule has 0 radical (unpaired) electrons. The van der Waals surface area contributed by atoms with Gasteiger partial charge in [-0.15, -0.1) is 0 Å². The Balaban J connectivity index is 2.03. The molecular weight excluding hydrogens is 390 g/mol. The van der Waals surface area contributed by atoms with Gasteiger partial charge >= 0.3 is 0 Å². The molecule has 3 N–H and O–H groups in total. The highest BCUT2D eigenvalue weighted by Gasteiger charge is 2.18. The molecule has 27 heavy (non-hydrogen) atoms. The molecule has 0 fully saturated rings. The summed E-state index contributed by atoms with van der Waals surface area (Å²) >= 11 is 0. The van der Waals surface area contributed by atoms with E-state index in [1.165, 1.54) is 37.4 Å². The summed E-state index contributed by atoms with van der Waals surface area (Å²) in [7, 11) is -6.44. The third-order valence-electron chi connectivity index (χ3n) is 3.48. The van der Waals surface area contributed by atoms with Crippen molar-refractivity contribution < 1.29 is 21.6 Å². The molecule has 0 aliphatic heterocycles. The third-order valence-corrected chi connectivity index (χ3v) is 5.87. The maximum absolute atomic E-state index is 12.2. The summed E-state index contributed by atoms with van der Waals surface area (Å²) in [6.45, 7) is -0.443. The fourth-order valence-corrected chi connectivity index (χ4v) is 3.47. The number of nitrogens with one attached hydrogen (secondary N) is 1. The van der Waals surface area contributed by atoms with Crippen LogP contribution in [0.25, 0.3) is 6.08 Å². The predicted octanol–water partition coefficient (Wildman–Crippen LogP) is 1.21. The number of hydrogen-bond donors (Lipinski definition) is 2. The zero-order chi connectivity index (χ0) is 20.1. The number of anilines is 1. The molecule has 0 heterocycles. The third kappa shape index (κ3) is 6.29. The molecule has 0 saturated heterocycles. The minimum absolute atomic E-state index is 0.160. The van der Waals surface area contributed by atoms with Crippen molar-refractivity contribution in [1.29, 1.82) is 0 Å². The molecule has 10 heteroatoms. The minimum Gasteiger partial charge on any atom is -0.325 e. The zero-order valence-electron chi connectivity index (χ0n) is 14.4. The molecule has 1 amide bonds. The molecule has 2 aromatic carbocycles. The lowest BCUT2D eigenvalue weighted by molar-refractivity contribution is -0.116. The van der Waals surface area contributed by atoms with Crippen LogP contribution in [0.1, 0.15) is 5.56 Å². The van der Waals surface area contributed by atoms with Crippen LogP contribution in [-0.2, 0) is 24.8 Å². The average molecular weight is 409 g/mol. The molecule has 0 aliphatic carbocycles. The van der Waals surface area contributed by atoms with Gasteiger partial charge in [-0.25, -0.2) is 22.0 Å². The van der Waals surface area contributed by atoms with Crippen LogP contribution in [0.3, 0.4) is 0 Å². The standard InChI is InChI=1S/C17H19N3O5S2/c1-20(26(22,23)11-10-14-6-3-2-4-7-14)13-17(21)19-15-8-5-9-16(12-15)27(18,24)25/h2-12H,13H2,1H3,(H,19,21)(H2,18,24,25)/b11-10+. The first-order valence-electron chi connectivity index (χ1n) is 7.70. The quantitative estimate of drug-likeness (QED) is 0.710. The summed E-state index contributed by atoms with van der Waals surface area (Å²) < 4.78 is 48.0. The van der Waals surface area contributed by atoms with E-state index in [0.29, 0.717) is 5.56 Å². The van der Waals surface area contributed by atoms with Crippen molar-refractivity contribution in [2.75, 3.05) is 18.9 Å². The number of rotatable bonds is 7. The predicted molar refractivity (Wildman–Crippen MR) is 103 cm³/mol. The van der Waals surface area contributed by atoms with Gasteiger partial charge in [-0.05, 0) is 29.8 Å². The number of nitrogens with zero attached hydrogens (tertiary/aromatic N) is 1. The Kier molecular flexibility index (Phi) is 6.50. The van der Waals surface area contributed by atoms with Crippen LogP contribution in [-0.4, -0.2) is 40.6 Å². The highest BCUT2D eigenvalue weighted by atomic mass is 32.2. The molecule has 2 aromatic rings. The lowest BCUT2D eigenvalue weighted by atomic mass is 10.2. The van der Waals surface area contributed by atoms with Crippen LogP contribution in [0.4, 0.5) is 5.69 Å². The molecule has 0 bridgehead atoms. The van der Waals surface area contributed by atoms with Crippen molar-refractivity contribution in [1.82, 2.24) is 4.31 Å². The van der Waals surface area contributed by atoms with Gasteiger partial charge in [-0.1, -0.05) is 36.4 Å². The molecule has 0 aromatic heterocycles. The average Bonchev–Trinajstić information content (AvgIpc) is 2.60. The number of hydrogen-bond acceptors (Lipinski definition) is 5. The topological polar surface area (TPSA) is 127 Å². The van der Waals surface area contributed by atoms with Crippen molar-refractivity contribution >= 4 is 37.7 Å².